The van der Waals surface area contributed by atoms with Crippen molar-refractivity contribution in [2.75, 3.05) is 0 Å². The Morgan fingerprint density at radius 2 is 0.710 bits per heavy atom. The third-order valence-corrected chi connectivity index (χ3v) is 15.1. The minimum Gasteiger partial charge on any atom is -0.386 e. The van der Waals surface area contributed by atoms with Crippen molar-refractivity contribution >= 4 is 33.8 Å². The molecular weight excluding hydrogens is 835 g/mol. The molecule has 324 valence electrons. The topological polar surface area (TPSA) is 40.5 Å². The molecule has 6 aromatic rings. The number of fused-ring (bicyclic) bond motifs is 4. The first-order valence-corrected chi connectivity index (χ1v) is 22.2. The molecule has 0 unspecified atom stereocenters. The zero-order chi connectivity index (χ0) is 45.4. The monoisotopic (exact) mass is 884 g/mol. The largest absolute Gasteiger partial charge is 0.386 e. The molecule has 2 heterocycles. The smallest absolute Gasteiger partial charge is 0.380 e. The van der Waals surface area contributed by atoms with E-state index in [4.69, 9.17) is 0 Å². The van der Waals surface area contributed by atoms with Gasteiger partial charge in [-0.1, -0.05) is 139 Å². The maximum atomic E-state index is 16.9. The summed E-state index contributed by atoms with van der Waals surface area (Å²) in [5.41, 5.74) is -2.65. The highest BCUT2D eigenvalue weighted by molar-refractivity contribution is 7.18. The number of hydrogen-bond acceptors (Lipinski definition) is 4. The van der Waals surface area contributed by atoms with Gasteiger partial charge >= 0.3 is 17.8 Å². The van der Waals surface area contributed by atoms with Crippen molar-refractivity contribution in [2.24, 2.45) is 0 Å². The van der Waals surface area contributed by atoms with E-state index in [9.17, 15) is 10.2 Å². The zero-order valence-electron chi connectivity index (χ0n) is 36.4. The molecule has 2 N–H and O–H groups in total. The molecule has 0 radical (unpaired) electrons. The molecule has 2 nitrogen and oxygen atoms in total. The van der Waals surface area contributed by atoms with Gasteiger partial charge in [0.1, 0.15) is 0 Å². The van der Waals surface area contributed by atoms with Crippen LogP contribution in [0.3, 0.4) is 0 Å². The summed E-state index contributed by atoms with van der Waals surface area (Å²) < 4.78 is 99.7. The van der Waals surface area contributed by atoms with Gasteiger partial charge in [-0.25, -0.2) is 0 Å². The number of aliphatic hydroxyl groups is 2. The normalized spacial score (nSPS) is 18.0. The lowest BCUT2D eigenvalue weighted by Gasteiger charge is -2.37. The van der Waals surface area contributed by atoms with Crippen molar-refractivity contribution < 1.29 is 36.6 Å². The molecule has 0 spiro atoms. The lowest BCUT2D eigenvalue weighted by atomic mass is 9.69. The van der Waals surface area contributed by atoms with Crippen LogP contribution in [-0.4, -0.2) is 28.0 Å². The first kappa shape index (κ1) is 44.1. The van der Waals surface area contributed by atoms with Crippen LogP contribution in [-0.2, 0) is 27.4 Å². The van der Waals surface area contributed by atoms with Crippen LogP contribution in [0.1, 0.15) is 123 Å². The van der Waals surface area contributed by atoms with Crippen LogP contribution in [0.4, 0.5) is 26.3 Å². The molecule has 8 rings (SSSR count). The lowest BCUT2D eigenvalue weighted by molar-refractivity contribution is -0.254. The third-order valence-electron chi connectivity index (χ3n) is 12.5. The summed E-state index contributed by atoms with van der Waals surface area (Å²) in [4.78, 5) is 1.22. The Kier molecular flexibility index (Phi) is 9.97. The SMILES string of the molecule is CC(C)(C)c1ccc(C2(c3ccc(C(C)(C)C)cc3)c3sc(-c4ccc(C(C)(C)O)cc4)cc3C3=C(c4cc(-c5ccc(C(C)(C)O)cc5)sc42)C(F)(F)C(F)(F)C3(F)F)cc1. The number of benzene rings is 4. The van der Waals surface area contributed by atoms with Crippen molar-refractivity contribution in [1.29, 1.82) is 0 Å². The van der Waals surface area contributed by atoms with Gasteiger partial charge in [-0.3, -0.25) is 0 Å². The molecule has 62 heavy (non-hydrogen) atoms. The minimum absolute atomic E-state index is 0.205. The molecule has 0 amide bonds. The Morgan fingerprint density at radius 1 is 0.419 bits per heavy atom. The second-order valence-electron chi connectivity index (χ2n) is 19.9. The fourth-order valence-corrected chi connectivity index (χ4v) is 11.6. The molecule has 0 aliphatic heterocycles. The number of alkyl halides is 6. The Bertz CT molecular complexity index is 2520. The van der Waals surface area contributed by atoms with Crippen LogP contribution >= 0.6 is 22.7 Å². The van der Waals surface area contributed by atoms with Gasteiger partial charge in [-0.15, -0.1) is 22.7 Å². The quantitative estimate of drug-likeness (QED) is 0.164. The molecule has 10 heteroatoms. The van der Waals surface area contributed by atoms with Crippen molar-refractivity contribution in [3.8, 4) is 20.9 Å². The van der Waals surface area contributed by atoms with Crippen LogP contribution in [0.15, 0.2) is 109 Å². The van der Waals surface area contributed by atoms with E-state index in [0.29, 0.717) is 43.1 Å². The van der Waals surface area contributed by atoms with Gasteiger partial charge in [0.15, 0.2) is 0 Å². The van der Waals surface area contributed by atoms with Gasteiger partial charge in [0.2, 0.25) is 0 Å². The van der Waals surface area contributed by atoms with E-state index in [1.165, 1.54) is 12.1 Å². The number of thiophene rings is 2. The summed E-state index contributed by atoms with van der Waals surface area (Å²) in [6.45, 7) is 18.9. The summed E-state index contributed by atoms with van der Waals surface area (Å²) in [7, 11) is 0. The Morgan fingerprint density at radius 3 is 0.984 bits per heavy atom. The molecule has 4 aromatic carbocycles. The van der Waals surface area contributed by atoms with E-state index in [1.54, 1.807) is 76.2 Å². The molecule has 0 saturated heterocycles. The van der Waals surface area contributed by atoms with Crippen molar-refractivity contribution in [2.45, 2.75) is 114 Å². The second kappa shape index (κ2) is 14.0. The Hall–Kier alpha value is -4.48. The molecular formula is C52H50F6O2S2. The van der Waals surface area contributed by atoms with Gasteiger partial charge in [0, 0.05) is 41.8 Å². The standard InChI is InChI=1S/C52H50F6O2S2/c1-45(2,3)31-19-23-35(24-20-31)49(36-25-21-32(22-26-36)46(4,5)6)43-37(27-39(61-43)29-11-15-33(16-12-29)47(7,8)59)41-42(51(55,56)52(57,58)50(41,53)54)38-28-40(62-44(38)49)30-13-17-34(18-14-30)48(9,10)60/h11-28,59-60H,1-10H3. The highest BCUT2D eigenvalue weighted by atomic mass is 32.1. The Labute approximate surface area is 367 Å². The van der Waals surface area contributed by atoms with Gasteiger partial charge in [-0.2, -0.15) is 26.3 Å². The number of hydrogen-bond donors (Lipinski definition) is 2. The van der Waals surface area contributed by atoms with Gasteiger partial charge < -0.3 is 10.2 Å². The van der Waals surface area contributed by atoms with Crippen molar-refractivity contribution in [1.82, 2.24) is 0 Å². The fourth-order valence-electron chi connectivity index (χ4n) is 8.75. The maximum absolute atomic E-state index is 16.9. The number of allylic oxidation sites excluding steroid dienone is 2. The number of halogens is 6. The molecule has 0 atom stereocenters. The summed E-state index contributed by atoms with van der Waals surface area (Å²) in [6.07, 6.45) is 0. The molecule has 2 aromatic heterocycles. The van der Waals surface area contributed by atoms with E-state index in [2.05, 4.69) is 41.5 Å². The predicted octanol–water partition coefficient (Wildman–Crippen LogP) is 14.7. The van der Waals surface area contributed by atoms with E-state index in [1.807, 2.05) is 48.5 Å². The van der Waals surface area contributed by atoms with Crippen molar-refractivity contribution in [3.63, 3.8) is 0 Å². The maximum Gasteiger partial charge on any atom is 0.380 e. The minimum atomic E-state index is -5.76. The number of rotatable bonds is 6. The van der Waals surface area contributed by atoms with Gasteiger partial charge in [0.05, 0.1) is 16.6 Å². The fraction of sp³-hybridized carbons (Fsp3) is 0.346. The highest BCUT2D eigenvalue weighted by Gasteiger charge is 2.81. The highest BCUT2D eigenvalue weighted by Crippen LogP contribution is 2.70. The third kappa shape index (κ3) is 6.65. The molecule has 2 aliphatic rings. The van der Waals surface area contributed by atoms with Crippen LogP contribution < -0.4 is 0 Å². The lowest BCUT2D eigenvalue weighted by Crippen LogP contribution is -2.49. The average Bonchev–Trinajstić information content (AvgIpc) is 3.82. The van der Waals surface area contributed by atoms with E-state index in [-0.39, 0.29) is 31.7 Å². The summed E-state index contributed by atoms with van der Waals surface area (Å²) >= 11 is 2.23. The zero-order valence-corrected chi connectivity index (χ0v) is 38.0. The predicted molar refractivity (Wildman–Crippen MR) is 241 cm³/mol. The molecule has 0 fully saturated rings. The summed E-state index contributed by atoms with van der Waals surface area (Å²) in [5.74, 6) is -16.3. The van der Waals surface area contributed by atoms with Crippen LogP contribution in [0.2, 0.25) is 0 Å². The first-order chi connectivity index (χ1) is 28.5. The Balaban J connectivity index is 1.56. The van der Waals surface area contributed by atoms with Gasteiger partial charge in [-0.05, 0) is 95.2 Å². The van der Waals surface area contributed by atoms with Crippen LogP contribution in [0, 0.1) is 0 Å². The summed E-state index contributed by atoms with van der Waals surface area (Å²) in [5, 5.41) is 21.4. The first-order valence-electron chi connectivity index (χ1n) is 20.6. The van der Waals surface area contributed by atoms with E-state index < -0.39 is 45.5 Å². The second-order valence-corrected chi connectivity index (χ2v) is 22.0. The van der Waals surface area contributed by atoms with Crippen LogP contribution in [0.5, 0.6) is 0 Å². The molecule has 2 aliphatic carbocycles. The summed E-state index contributed by atoms with van der Waals surface area (Å²) in [6, 6.07) is 31.9. The van der Waals surface area contributed by atoms with Crippen LogP contribution in [0.25, 0.3) is 32.0 Å². The molecule has 0 bridgehead atoms. The van der Waals surface area contributed by atoms with E-state index in [0.717, 1.165) is 33.8 Å². The van der Waals surface area contributed by atoms with Gasteiger partial charge in [0.25, 0.3) is 0 Å². The van der Waals surface area contributed by atoms with Crippen molar-refractivity contribution in [3.05, 3.63) is 163 Å². The average molecular weight is 885 g/mol. The van der Waals surface area contributed by atoms with E-state index >= 15 is 26.3 Å². The molecule has 0 saturated carbocycles.